The summed E-state index contributed by atoms with van der Waals surface area (Å²) in [7, 11) is 1.41. The Morgan fingerprint density at radius 1 is 1.26 bits per heavy atom. The maximum absolute atomic E-state index is 12.0. The largest absolute Gasteiger partial charge is 0.469 e. The molecule has 0 aliphatic heterocycles. The van der Waals surface area contributed by atoms with Crippen molar-refractivity contribution in [1.29, 1.82) is 0 Å². The van der Waals surface area contributed by atoms with E-state index < -0.39 is 0 Å². The third-order valence-corrected chi connectivity index (χ3v) is 6.23. The fourth-order valence-corrected chi connectivity index (χ4v) is 5.39. The zero-order valence-electron chi connectivity index (χ0n) is 15.4. The van der Waals surface area contributed by atoms with Gasteiger partial charge in [-0.05, 0) is 55.3 Å². The van der Waals surface area contributed by atoms with Crippen LogP contribution in [0.15, 0.2) is 11.1 Å². The van der Waals surface area contributed by atoms with E-state index in [-0.39, 0.29) is 17.3 Å². The first-order chi connectivity index (χ1) is 10.8. The zero-order chi connectivity index (χ0) is 17.3. The molecule has 3 heteroatoms. The summed E-state index contributed by atoms with van der Waals surface area (Å²) in [5.74, 6) is -0.192. The van der Waals surface area contributed by atoms with Gasteiger partial charge >= 0.3 is 5.97 Å². The van der Waals surface area contributed by atoms with Crippen LogP contribution in [0.25, 0.3) is 0 Å². The summed E-state index contributed by atoms with van der Waals surface area (Å²) in [6.45, 7) is 9.23. The van der Waals surface area contributed by atoms with Crippen molar-refractivity contribution in [3.05, 3.63) is 11.1 Å². The standard InChI is InChI=1S/C20H32O3/c1-6-14-16(12-21)15(18(22)23-5)8-9-17(14)20(4)11-7-10-19(2,3)13-20/h12,15,17H,6-11,13H2,1-5H3/t15-,17+,20+/m1/s1. The Balaban J connectivity index is 2.39. The zero-order valence-corrected chi connectivity index (χ0v) is 15.4. The highest BCUT2D eigenvalue weighted by Gasteiger charge is 2.46. The van der Waals surface area contributed by atoms with Crippen LogP contribution in [0.4, 0.5) is 0 Å². The van der Waals surface area contributed by atoms with Gasteiger partial charge in [-0.1, -0.05) is 39.7 Å². The van der Waals surface area contributed by atoms with Gasteiger partial charge in [-0.25, -0.2) is 0 Å². The summed E-state index contributed by atoms with van der Waals surface area (Å²) in [6.07, 6.45) is 8.46. The number of carbonyl (C=O) groups excluding carboxylic acids is 2. The number of allylic oxidation sites excluding steroid dienone is 1. The molecule has 0 aromatic rings. The van der Waals surface area contributed by atoms with Crippen LogP contribution in [0, 0.1) is 22.7 Å². The van der Waals surface area contributed by atoms with Crippen LogP contribution in [0.2, 0.25) is 0 Å². The predicted octanol–water partition coefficient (Wildman–Crippen LogP) is 4.70. The molecule has 2 aliphatic rings. The quantitative estimate of drug-likeness (QED) is 0.557. The molecular formula is C20H32O3. The molecule has 0 amide bonds. The molecule has 1 fully saturated rings. The molecule has 0 heterocycles. The lowest BCUT2D eigenvalue weighted by atomic mass is 9.55. The maximum atomic E-state index is 12.0. The number of ether oxygens (including phenoxy) is 1. The van der Waals surface area contributed by atoms with Crippen LogP contribution in [-0.4, -0.2) is 19.4 Å². The van der Waals surface area contributed by atoms with Gasteiger partial charge in [0.2, 0.25) is 0 Å². The van der Waals surface area contributed by atoms with Crippen molar-refractivity contribution >= 4 is 12.3 Å². The molecule has 0 spiro atoms. The summed E-state index contributed by atoms with van der Waals surface area (Å²) in [5, 5.41) is 0. The smallest absolute Gasteiger partial charge is 0.313 e. The van der Waals surface area contributed by atoms with Gasteiger partial charge < -0.3 is 4.74 Å². The SMILES string of the molecule is CCC1=C(C=O)[C@H](C(=O)OC)CC[C@@H]1[C@@]1(C)CCCC(C)(C)C1. The Morgan fingerprint density at radius 2 is 1.96 bits per heavy atom. The summed E-state index contributed by atoms with van der Waals surface area (Å²) in [6, 6.07) is 0. The van der Waals surface area contributed by atoms with E-state index in [1.807, 2.05) is 0 Å². The lowest BCUT2D eigenvalue weighted by molar-refractivity contribution is -0.145. The van der Waals surface area contributed by atoms with E-state index in [2.05, 4.69) is 27.7 Å². The molecule has 0 aromatic carbocycles. The van der Waals surface area contributed by atoms with E-state index in [1.165, 1.54) is 38.4 Å². The molecule has 0 bridgehead atoms. The fourth-order valence-electron chi connectivity index (χ4n) is 5.39. The van der Waals surface area contributed by atoms with Gasteiger partial charge in [0.15, 0.2) is 0 Å². The first-order valence-electron chi connectivity index (χ1n) is 9.04. The molecule has 1 saturated carbocycles. The van der Waals surface area contributed by atoms with Gasteiger partial charge in [0.1, 0.15) is 6.29 Å². The Bertz CT molecular complexity index is 503. The monoisotopic (exact) mass is 320 g/mol. The summed E-state index contributed by atoms with van der Waals surface area (Å²) >= 11 is 0. The van der Waals surface area contributed by atoms with Gasteiger partial charge in [-0.15, -0.1) is 0 Å². The van der Waals surface area contributed by atoms with Crippen LogP contribution in [0.1, 0.15) is 72.6 Å². The van der Waals surface area contributed by atoms with Crippen LogP contribution in [0.3, 0.4) is 0 Å². The number of esters is 1. The van der Waals surface area contributed by atoms with Crippen LogP contribution in [-0.2, 0) is 14.3 Å². The minimum atomic E-state index is -0.357. The van der Waals surface area contributed by atoms with E-state index in [1.54, 1.807) is 0 Å². The second-order valence-electron chi connectivity index (χ2n) is 8.51. The molecular weight excluding hydrogens is 288 g/mol. The fraction of sp³-hybridized carbons (Fsp3) is 0.800. The van der Waals surface area contributed by atoms with Gasteiger partial charge in [0.05, 0.1) is 13.0 Å². The van der Waals surface area contributed by atoms with Gasteiger partial charge in [-0.3, -0.25) is 9.59 Å². The number of hydrogen-bond acceptors (Lipinski definition) is 3. The Hall–Kier alpha value is -1.12. The summed E-state index contributed by atoms with van der Waals surface area (Å²) in [4.78, 5) is 23.8. The summed E-state index contributed by atoms with van der Waals surface area (Å²) < 4.78 is 4.92. The van der Waals surface area contributed by atoms with Crippen molar-refractivity contribution in [3.63, 3.8) is 0 Å². The number of rotatable bonds is 4. The van der Waals surface area contributed by atoms with Crippen LogP contribution in [0.5, 0.6) is 0 Å². The first-order valence-corrected chi connectivity index (χ1v) is 9.04. The highest BCUT2D eigenvalue weighted by Crippen LogP contribution is 2.55. The second kappa shape index (κ2) is 6.78. The van der Waals surface area contributed by atoms with Gasteiger partial charge in [0, 0.05) is 5.57 Å². The van der Waals surface area contributed by atoms with Crippen LogP contribution >= 0.6 is 0 Å². The van der Waals surface area contributed by atoms with E-state index in [0.29, 0.717) is 16.9 Å². The molecule has 3 nitrogen and oxygen atoms in total. The molecule has 0 unspecified atom stereocenters. The molecule has 3 atom stereocenters. The molecule has 0 radical (unpaired) electrons. The molecule has 0 N–H and O–H groups in total. The number of carbonyl (C=O) groups is 2. The Labute approximate surface area is 140 Å². The molecule has 0 aromatic heterocycles. The number of methoxy groups -OCH3 is 1. The predicted molar refractivity (Wildman–Crippen MR) is 92.0 cm³/mol. The van der Waals surface area contributed by atoms with E-state index in [9.17, 15) is 9.59 Å². The normalized spacial score (nSPS) is 34.1. The van der Waals surface area contributed by atoms with E-state index in [0.717, 1.165) is 25.5 Å². The van der Waals surface area contributed by atoms with Crippen molar-refractivity contribution in [2.75, 3.05) is 7.11 Å². The summed E-state index contributed by atoms with van der Waals surface area (Å²) in [5.41, 5.74) is 2.52. The molecule has 130 valence electrons. The maximum Gasteiger partial charge on any atom is 0.313 e. The highest BCUT2D eigenvalue weighted by molar-refractivity contribution is 5.88. The minimum Gasteiger partial charge on any atom is -0.469 e. The minimum absolute atomic E-state index is 0.239. The molecule has 0 saturated heterocycles. The van der Waals surface area contributed by atoms with E-state index >= 15 is 0 Å². The lowest BCUT2D eigenvalue weighted by Gasteiger charge is -2.50. The van der Waals surface area contributed by atoms with Crippen molar-refractivity contribution in [3.8, 4) is 0 Å². The third-order valence-electron chi connectivity index (χ3n) is 6.23. The van der Waals surface area contributed by atoms with Gasteiger partial charge in [0.25, 0.3) is 0 Å². The van der Waals surface area contributed by atoms with Crippen molar-refractivity contribution < 1.29 is 14.3 Å². The average Bonchev–Trinajstić information content (AvgIpc) is 2.51. The average molecular weight is 320 g/mol. The Morgan fingerprint density at radius 3 is 2.48 bits per heavy atom. The number of hydrogen-bond donors (Lipinski definition) is 0. The molecule has 2 aliphatic carbocycles. The third kappa shape index (κ3) is 3.54. The lowest BCUT2D eigenvalue weighted by Crippen LogP contribution is -2.40. The van der Waals surface area contributed by atoms with Crippen molar-refractivity contribution in [2.24, 2.45) is 22.7 Å². The highest BCUT2D eigenvalue weighted by atomic mass is 16.5. The van der Waals surface area contributed by atoms with Crippen molar-refractivity contribution in [1.82, 2.24) is 0 Å². The van der Waals surface area contributed by atoms with Crippen molar-refractivity contribution in [2.45, 2.75) is 72.6 Å². The van der Waals surface area contributed by atoms with E-state index in [4.69, 9.17) is 4.74 Å². The molecule has 2 rings (SSSR count). The number of aldehydes is 1. The Kier molecular flexibility index (Phi) is 5.37. The topological polar surface area (TPSA) is 43.4 Å². The first kappa shape index (κ1) is 18.2. The molecule has 23 heavy (non-hydrogen) atoms. The second-order valence-corrected chi connectivity index (χ2v) is 8.51. The van der Waals surface area contributed by atoms with Crippen LogP contribution < -0.4 is 0 Å². The van der Waals surface area contributed by atoms with Gasteiger partial charge in [-0.2, -0.15) is 0 Å².